The Bertz CT molecular complexity index is 1610. The summed E-state index contributed by atoms with van der Waals surface area (Å²) in [4.78, 5) is 13.4. The van der Waals surface area contributed by atoms with Crippen molar-refractivity contribution in [3.63, 3.8) is 0 Å². The van der Waals surface area contributed by atoms with Crippen molar-refractivity contribution in [1.29, 1.82) is 0 Å². The summed E-state index contributed by atoms with van der Waals surface area (Å²) in [6.45, 7) is -0.579. The lowest BCUT2D eigenvalue weighted by atomic mass is 9.96. The number of esters is 1. The topological polar surface area (TPSA) is 282 Å². The zero-order chi connectivity index (χ0) is 40.0. The molecule has 0 unspecified atom stereocenters. The summed E-state index contributed by atoms with van der Waals surface area (Å²) < 4.78 is 50.6. The number of methoxy groups -OCH3 is 2. The Hall–Kier alpha value is -3.67. The van der Waals surface area contributed by atoms with E-state index in [1.807, 2.05) is 0 Å². The Morgan fingerprint density at radius 2 is 1.60 bits per heavy atom. The number of phenolic OH excluding ortho intramolecular Hbond substituents is 2. The fourth-order valence-electron chi connectivity index (χ4n) is 6.19. The average Bonchev–Trinajstić information content (AvgIpc) is 3.46. The standard InChI is InChI=1S/C36H48O19/c1-17-26(41)27(42)28(43)34(52-17)55-31-29(44)33(49-11-10-19-5-8-22(47-2)21(39)12-19)53-24(14-50-35-32(45)36(46,15-37)16-51-35)30(31)54-25(40)9-6-18-4-7-20(38)23(13-18)48-3/h4-9,12-13,17,24,26-35,37-39,41-46H,10-11,14-16H2,1-3H3/b9-6+/t17-,24+,26-,27+,28+,29+,30+,31+,32-,33+,34-,35+,36+/m0/s1. The molecule has 0 spiro atoms. The van der Waals surface area contributed by atoms with Crippen LogP contribution in [0.1, 0.15) is 18.1 Å². The first-order chi connectivity index (χ1) is 26.2. The predicted molar refractivity (Wildman–Crippen MR) is 184 cm³/mol. The molecule has 19 heteroatoms. The quantitative estimate of drug-likeness (QED) is 0.0701. The van der Waals surface area contributed by atoms with Gasteiger partial charge in [-0.25, -0.2) is 4.79 Å². The SMILES string of the molecule is COc1ccc(CCO[C@@H]2O[C@H](CO[C@@H]3OC[C@](O)(CO)[C@H]3O)[C@@H](OC(=O)/C=C/c3ccc(O)c(OC)c3)[C@H](O[C@@H]3O[C@@H](C)[C@H](O)[C@@H](O)[C@H]3O)[C@H]2O)cc1O. The molecular weight excluding hydrogens is 736 g/mol. The smallest absolute Gasteiger partial charge is 0.331 e. The summed E-state index contributed by atoms with van der Waals surface area (Å²) in [7, 11) is 2.75. The van der Waals surface area contributed by atoms with Gasteiger partial charge in [-0.15, -0.1) is 0 Å². The Morgan fingerprint density at radius 3 is 2.27 bits per heavy atom. The molecule has 0 bridgehead atoms. The molecular formula is C36H48O19. The number of carbonyl (C=O) groups is 1. The van der Waals surface area contributed by atoms with Crippen molar-refractivity contribution in [3.05, 3.63) is 53.6 Å². The lowest BCUT2D eigenvalue weighted by Crippen LogP contribution is -2.65. The maximum atomic E-state index is 13.4. The lowest BCUT2D eigenvalue weighted by molar-refractivity contribution is -0.360. The monoisotopic (exact) mass is 784 g/mol. The zero-order valence-electron chi connectivity index (χ0n) is 30.2. The van der Waals surface area contributed by atoms with Crippen LogP contribution in [0.5, 0.6) is 23.0 Å². The maximum absolute atomic E-state index is 13.4. The van der Waals surface area contributed by atoms with Gasteiger partial charge in [0.2, 0.25) is 0 Å². The highest BCUT2D eigenvalue weighted by molar-refractivity contribution is 5.87. The van der Waals surface area contributed by atoms with Crippen molar-refractivity contribution in [3.8, 4) is 23.0 Å². The highest BCUT2D eigenvalue weighted by atomic mass is 16.8. The summed E-state index contributed by atoms with van der Waals surface area (Å²) in [5, 5.41) is 94.0. The summed E-state index contributed by atoms with van der Waals surface area (Å²) in [5.41, 5.74) is -0.974. The second kappa shape index (κ2) is 18.5. The van der Waals surface area contributed by atoms with Crippen molar-refractivity contribution >= 4 is 12.0 Å². The molecule has 13 atom stereocenters. The molecule has 306 valence electrons. The molecule has 0 saturated carbocycles. The number of carbonyl (C=O) groups excluding carboxylic acids is 1. The molecule has 5 rings (SSSR count). The van der Waals surface area contributed by atoms with E-state index in [4.69, 9.17) is 42.6 Å². The van der Waals surface area contributed by atoms with Crippen LogP contribution in [0.25, 0.3) is 6.08 Å². The van der Waals surface area contributed by atoms with Crippen LogP contribution in [-0.4, -0.2) is 172 Å². The summed E-state index contributed by atoms with van der Waals surface area (Å²) in [6.07, 6.45) is -16.4. The highest BCUT2D eigenvalue weighted by Gasteiger charge is 2.54. The summed E-state index contributed by atoms with van der Waals surface area (Å²) in [5.74, 6) is -0.850. The molecule has 2 aromatic carbocycles. The third-order valence-corrected chi connectivity index (χ3v) is 9.50. The Balaban J connectivity index is 1.42. The van der Waals surface area contributed by atoms with Crippen LogP contribution >= 0.6 is 0 Å². The number of aliphatic hydroxyl groups excluding tert-OH is 6. The first-order valence-electron chi connectivity index (χ1n) is 17.4. The minimum atomic E-state index is -2.04. The van der Waals surface area contributed by atoms with E-state index >= 15 is 0 Å². The van der Waals surface area contributed by atoms with Crippen molar-refractivity contribution in [2.75, 3.05) is 40.6 Å². The molecule has 55 heavy (non-hydrogen) atoms. The third-order valence-electron chi connectivity index (χ3n) is 9.50. The average molecular weight is 785 g/mol. The van der Waals surface area contributed by atoms with Crippen LogP contribution < -0.4 is 9.47 Å². The van der Waals surface area contributed by atoms with Crippen LogP contribution in [0, 0.1) is 0 Å². The largest absolute Gasteiger partial charge is 0.504 e. The minimum absolute atomic E-state index is 0.102. The van der Waals surface area contributed by atoms with Crippen molar-refractivity contribution in [2.24, 2.45) is 0 Å². The highest BCUT2D eigenvalue weighted by Crippen LogP contribution is 2.34. The number of hydrogen-bond donors (Lipinski definition) is 9. The number of ether oxygens (including phenoxy) is 9. The van der Waals surface area contributed by atoms with Crippen molar-refractivity contribution in [1.82, 2.24) is 0 Å². The number of benzene rings is 2. The van der Waals surface area contributed by atoms with Gasteiger partial charge in [0.05, 0.1) is 46.8 Å². The second-order valence-electron chi connectivity index (χ2n) is 13.3. The molecule has 0 radical (unpaired) electrons. The summed E-state index contributed by atoms with van der Waals surface area (Å²) in [6, 6.07) is 9.00. The number of rotatable bonds is 15. The zero-order valence-corrected chi connectivity index (χ0v) is 30.2. The third kappa shape index (κ3) is 9.84. The van der Waals surface area contributed by atoms with Gasteiger partial charge >= 0.3 is 5.97 Å². The van der Waals surface area contributed by atoms with Gasteiger partial charge in [-0.05, 0) is 54.8 Å². The molecule has 0 aromatic heterocycles. The van der Waals surface area contributed by atoms with Crippen molar-refractivity contribution in [2.45, 2.75) is 92.8 Å². The van der Waals surface area contributed by atoms with Gasteiger partial charge in [0.15, 0.2) is 48.0 Å². The molecule has 3 saturated heterocycles. The van der Waals surface area contributed by atoms with Crippen LogP contribution in [-0.2, 0) is 44.4 Å². The van der Waals surface area contributed by atoms with E-state index in [0.717, 1.165) is 6.08 Å². The van der Waals surface area contributed by atoms with E-state index in [1.54, 1.807) is 12.1 Å². The van der Waals surface area contributed by atoms with Crippen molar-refractivity contribution < 1.29 is 93.4 Å². The molecule has 3 aliphatic heterocycles. The number of aliphatic hydroxyl groups is 7. The van der Waals surface area contributed by atoms with Crippen LogP contribution in [0.2, 0.25) is 0 Å². The van der Waals surface area contributed by atoms with Crippen LogP contribution in [0.3, 0.4) is 0 Å². The van der Waals surface area contributed by atoms with E-state index in [9.17, 15) is 50.8 Å². The Kier molecular flexibility index (Phi) is 14.3. The van der Waals surface area contributed by atoms with E-state index in [0.29, 0.717) is 11.1 Å². The van der Waals surface area contributed by atoms with Gasteiger partial charge in [-0.2, -0.15) is 0 Å². The molecule has 0 amide bonds. The van der Waals surface area contributed by atoms with Crippen LogP contribution in [0.4, 0.5) is 0 Å². The van der Waals surface area contributed by atoms with Gasteiger partial charge in [-0.3, -0.25) is 0 Å². The first-order valence-corrected chi connectivity index (χ1v) is 17.4. The molecule has 19 nitrogen and oxygen atoms in total. The maximum Gasteiger partial charge on any atom is 0.331 e. The molecule has 2 aromatic rings. The minimum Gasteiger partial charge on any atom is -0.504 e. The van der Waals surface area contributed by atoms with Gasteiger partial charge in [-0.1, -0.05) is 12.1 Å². The number of aromatic hydroxyl groups is 2. The Labute approximate surface area is 315 Å². The van der Waals surface area contributed by atoms with E-state index in [-0.39, 0.29) is 36.0 Å². The molecule has 3 heterocycles. The lowest BCUT2D eigenvalue weighted by Gasteiger charge is -2.46. The predicted octanol–water partition coefficient (Wildman–Crippen LogP) is -1.94. The molecule has 3 aliphatic rings. The van der Waals surface area contributed by atoms with Gasteiger partial charge in [0.25, 0.3) is 0 Å². The molecule has 0 aliphatic carbocycles. The van der Waals surface area contributed by atoms with E-state index in [1.165, 1.54) is 51.5 Å². The first kappa shape index (κ1) is 42.5. The van der Waals surface area contributed by atoms with Gasteiger partial charge in [0, 0.05) is 6.08 Å². The fourth-order valence-corrected chi connectivity index (χ4v) is 6.19. The van der Waals surface area contributed by atoms with Gasteiger partial charge < -0.3 is 88.6 Å². The van der Waals surface area contributed by atoms with E-state index in [2.05, 4.69) is 0 Å². The number of phenols is 2. The summed E-state index contributed by atoms with van der Waals surface area (Å²) >= 11 is 0. The van der Waals surface area contributed by atoms with E-state index < -0.39 is 105 Å². The van der Waals surface area contributed by atoms with Crippen LogP contribution in [0.15, 0.2) is 42.5 Å². The fraction of sp³-hybridized carbons (Fsp3) is 0.583. The Morgan fingerprint density at radius 1 is 0.855 bits per heavy atom. The second-order valence-corrected chi connectivity index (χ2v) is 13.3. The number of hydrogen-bond acceptors (Lipinski definition) is 19. The van der Waals surface area contributed by atoms with Gasteiger partial charge in [0.1, 0.15) is 48.3 Å². The molecule has 9 N–H and O–H groups in total. The molecule has 3 fully saturated rings. The normalized spacial score (nSPS) is 35.2.